The van der Waals surface area contributed by atoms with E-state index in [2.05, 4.69) is 15.5 Å². The van der Waals surface area contributed by atoms with Crippen molar-refractivity contribution in [2.45, 2.75) is 44.7 Å². The molecule has 0 spiro atoms. The quantitative estimate of drug-likeness (QED) is 0.758. The Balaban J connectivity index is 1.73. The number of nitrogens with zero attached hydrogens (tertiary/aromatic N) is 3. The molecule has 2 aliphatic heterocycles. The maximum atomic E-state index is 12.4. The van der Waals surface area contributed by atoms with Gasteiger partial charge in [-0.2, -0.15) is 0 Å². The molecule has 3 rings (SSSR count). The largest absolute Gasteiger partial charge is 0.354 e. The highest BCUT2D eigenvalue weighted by Crippen LogP contribution is 2.31. The fourth-order valence-electron chi connectivity index (χ4n) is 4.06. The summed E-state index contributed by atoms with van der Waals surface area (Å²) in [6, 6.07) is 3.71. The van der Waals surface area contributed by atoms with E-state index in [1.165, 1.54) is 4.90 Å². The van der Waals surface area contributed by atoms with Crippen molar-refractivity contribution in [1.82, 2.24) is 25.0 Å². The van der Waals surface area contributed by atoms with Crippen LogP contribution in [0.15, 0.2) is 12.1 Å². The number of carbonyl (C=O) groups is 3. The second-order valence-corrected chi connectivity index (χ2v) is 7.84. The van der Waals surface area contributed by atoms with E-state index in [0.29, 0.717) is 18.8 Å². The Morgan fingerprint density at radius 2 is 2.00 bits per heavy atom. The molecule has 1 atom stereocenters. The van der Waals surface area contributed by atoms with E-state index in [4.69, 9.17) is 0 Å². The van der Waals surface area contributed by atoms with Crippen molar-refractivity contribution in [3.05, 3.63) is 23.5 Å². The molecule has 2 fully saturated rings. The predicted molar refractivity (Wildman–Crippen MR) is 101 cm³/mol. The monoisotopic (exact) mass is 375 g/mol. The second kappa shape index (κ2) is 7.34. The molecule has 1 aromatic heterocycles. The molecule has 1 aromatic rings. The van der Waals surface area contributed by atoms with E-state index in [1.54, 1.807) is 20.9 Å². The minimum atomic E-state index is -0.834. The van der Waals surface area contributed by atoms with E-state index in [1.807, 2.05) is 23.7 Å². The molecular formula is C19H29N5O3. The zero-order valence-electron chi connectivity index (χ0n) is 16.5. The fraction of sp³-hybridized carbons (Fsp3) is 0.632. The number of hydrogen-bond donors (Lipinski definition) is 2. The van der Waals surface area contributed by atoms with Crippen molar-refractivity contribution in [2.24, 2.45) is 7.05 Å². The van der Waals surface area contributed by atoms with Crippen molar-refractivity contribution in [2.75, 3.05) is 26.7 Å². The Bertz CT molecular complexity index is 755. The third-order valence-corrected chi connectivity index (χ3v) is 5.63. The number of nitrogens with one attached hydrogen (secondary N) is 2. The van der Waals surface area contributed by atoms with Crippen molar-refractivity contribution < 1.29 is 14.4 Å². The molecule has 0 saturated carbocycles. The summed E-state index contributed by atoms with van der Waals surface area (Å²) in [7, 11) is 3.54. The average molecular weight is 375 g/mol. The Morgan fingerprint density at radius 1 is 1.26 bits per heavy atom. The van der Waals surface area contributed by atoms with E-state index in [-0.39, 0.29) is 23.9 Å². The van der Waals surface area contributed by atoms with Gasteiger partial charge in [-0.15, -0.1) is 0 Å². The van der Waals surface area contributed by atoms with Gasteiger partial charge in [0.05, 0.1) is 6.04 Å². The topological polar surface area (TPSA) is 86.7 Å². The van der Waals surface area contributed by atoms with Gasteiger partial charge in [0.25, 0.3) is 11.8 Å². The van der Waals surface area contributed by atoms with Crippen LogP contribution in [0.4, 0.5) is 4.79 Å². The van der Waals surface area contributed by atoms with Crippen molar-refractivity contribution in [3.8, 4) is 0 Å². The summed E-state index contributed by atoms with van der Waals surface area (Å²) >= 11 is 0. The number of carbonyl (C=O) groups excluding carboxylic acids is 3. The molecule has 27 heavy (non-hydrogen) atoms. The first-order valence-electron chi connectivity index (χ1n) is 9.52. The lowest BCUT2D eigenvalue weighted by molar-refractivity contribution is -0.130. The molecule has 1 unspecified atom stereocenters. The van der Waals surface area contributed by atoms with Crippen LogP contribution in [0.25, 0.3) is 0 Å². The minimum Gasteiger partial charge on any atom is -0.354 e. The molecule has 4 amide bonds. The summed E-state index contributed by atoms with van der Waals surface area (Å²) in [5, 5.41) is 5.39. The molecule has 2 saturated heterocycles. The van der Waals surface area contributed by atoms with Gasteiger partial charge in [0.15, 0.2) is 0 Å². The van der Waals surface area contributed by atoms with E-state index >= 15 is 0 Å². The smallest absolute Gasteiger partial charge is 0.325 e. The first-order chi connectivity index (χ1) is 12.8. The molecule has 0 aliphatic carbocycles. The highest BCUT2D eigenvalue weighted by Gasteiger charge is 2.44. The first-order valence-corrected chi connectivity index (χ1v) is 9.52. The number of hydrogen-bond acceptors (Lipinski definition) is 4. The third kappa shape index (κ3) is 3.58. The normalized spacial score (nSPS) is 22.8. The predicted octanol–water partition coefficient (Wildman–Crippen LogP) is 1.24. The highest BCUT2D eigenvalue weighted by atomic mass is 16.2. The van der Waals surface area contributed by atoms with Gasteiger partial charge in [-0.25, -0.2) is 4.79 Å². The van der Waals surface area contributed by atoms with Crippen molar-refractivity contribution in [3.63, 3.8) is 0 Å². The zero-order valence-corrected chi connectivity index (χ0v) is 16.5. The maximum Gasteiger partial charge on any atom is 0.325 e. The fourth-order valence-corrected chi connectivity index (χ4v) is 4.06. The first kappa shape index (κ1) is 19.4. The number of likely N-dealkylation sites (tertiary alicyclic amines) is 1. The Hall–Kier alpha value is -2.35. The number of piperidine rings is 1. The molecule has 2 N–H and O–H groups in total. The summed E-state index contributed by atoms with van der Waals surface area (Å²) in [6.45, 7) is 5.36. The van der Waals surface area contributed by atoms with Crippen LogP contribution in [0, 0.1) is 0 Å². The SMILES string of the molecule is CNC(=O)c1ccc(C2CCCCN2CCN2C(=O)NC(C)(C)C2=O)n1C. The molecular weight excluding hydrogens is 346 g/mol. The standard InChI is InChI=1S/C19H29N5O3/c1-19(2)17(26)24(18(27)21-19)12-11-23-10-6-5-7-14(23)13-8-9-15(22(13)4)16(25)20-3/h8-9,14H,5-7,10-12H2,1-4H3,(H,20,25)(H,21,27). The van der Waals surface area contributed by atoms with Crippen LogP contribution < -0.4 is 10.6 Å². The van der Waals surface area contributed by atoms with Gasteiger partial charge in [0.1, 0.15) is 11.2 Å². The van der Waals surface area contributed by atoms with Gasteiger partial charge in [-0.1, -0.05) is 6.42 Å². The summed E-state index contributed by atoms with van der Waals surface area (Å²) < 4.78 is 1.94. The summed E-state index contributed by atoms with van der Waals surface area (Å²) in [4.78, 5) is 40.2. The number of rotatable bonds is 5. The van der Waals surface area contributed by atoms with Crippen LogP contribution >= 0.6 is 0 Å². The summed E-state index contributed by atoms with van der Waals surface area (Å²) in [5.74, 6) is -0.283. The summed E-state index contributed by atoms with van der Waals surface area (Å²) in [6.07, 6.45) is 3.21. The molecule has 0 bridgehead atoms. The van der Waals surface area contributed by atoms with E-state index in [9.17, 15) is 14.4 Å². The number of amides is 4. The lowest BCUT2D eigenvalue weighted by Crippen LogP contribution is -2.43. The molecule has 8 nitrogen and oxygen atoms in total. The Labute approximate surface area is 159 Å². The van der Waals surface area contributed by atoms with Crippen LogP contribution in [-0.4, -0.2) is 64.4 Å². The third-order valence-electron chi connectivity index (χ3n) is 5.63. The Kier molecular flexibility index (Phi) is 5.28. The minimum absolute atomic E-state index is 0.104. The Morgan fingerprint density at radius 3 is 2.63 bits per heavy atom. The van der Waals surface area contributed by atoms with Gasteiger partial charge < -0.3 is 15.2 Å². The summed E-state index contributed by atoms with van der Waals surface area (Å²) in [5.41, 5.74) is 0.888. The number of imide groups is 1. The average Bonchev–Trinajstić information content (AvgIpc) is 3.10. The molecule has 148 valence electrons. The highest BCUT2D eigenvalue weighted by molar-refractivity contribution is 6.06. The van der Waals surface area contributed by atoms with Crippen LogP contribution in [0.2, 0.25) is 0 Å². The lowest BCUT2D eigenvalue weighted by atomic mass is 9.99. The van der Waals surface area contributed by atoms with Gasteiger partial charge in [-0.3, -0.25) is 19.4 Å². The molecule has 0 aromatic carbocycles. The van der Waals surface area contributed by atoms with Crippen LogP contribution in [0.5, 0.6) is 0 Å². The van der Waals surface area contributed by atoms with E-state index in [0.717, 1.165) is 31.5 Å². The molecule has 0 radical (unpaired) electrons. The van der Waals surface area contributed by atoms with Gasteiger partial charge in [0, 0.05) is 32.9 Å². The molecule has 8 heteroatoms. The van der Waals surface area contributed by atoms with Crippen molar-refractivity contribution in [1.29, 1.82) is 0 Å². The maximum absolute atomic E-state index is 12.4. The zero-order chi connectivity index (χ0) is 19.8. The van der Waals surface area contributed by atoms with Crippen LogP contribution in [0.3, 0.4) is 0 Å². The lowest BCUT2D eigenvalue weighted by Gasteiger charge is -2.36. The molecule has 2 aliphatic rings. The van der Waals surface area contributed by atoms with Crippen molar-refractivity contribution >= 4 is 17.8 Å². The number of aromatic nitrogens is 1. The van der Waals surface area contributed by atoms with Crippen LogP contribution in [0.1, 0.15) is 55.3 Å². The van der Waals surface area contributed by atoms with Gasteiger partial charge >= 0.3 is 6.03 Å². The molecule has 3 heterocycles. The van der Waals surface area contributed by atoms with Gasteiger partial charge in [0.2, 0.25) is 0 Å². The van der Waals surface area contributed by atoms with Crippen LogP contribution in [-0.2, 0) is 11.8 Å². The number of urea groups is 1. The van der Waals surface area contributed by atoms with E-state index < -0.39 is 5.54 Å². The van der Waals surface area contributed by atoms with Gasteiger partial charge in [-0.05, 0) is 45.4 Å². The second-order valence-electron chi connectivity index (χ2n) is 7.84.